The average molecular weight is 337 g/mol. The molecule has 3 heterocycles. The first-order valence-electron chi connectivity index (χ1n) is 8.89. The van der Waals surface area contributed by atoms with E-state index in [4.69, 9.17) is 0 Å². The Morgan fingerprint density at radius 2 is 2.16 bits per heavy atom. The summed E-state index contributed by atoms with van der Waals surface area (Å²) in [6, 6.07) is 12.4. The van der Waals surface area contributed by atoms with E-state index < -0.39 is 0 Å². The third-order valence-electron chi connectivity index (χ3n) is 4.91. The SMILES string of the molecule is O=c1ccc(N2CCCCC2CNCc2ccc3[nH]ccc3c2)n[nH]1. The highest BCUT2D eigenvalue weighted by Crippen LogP contribution is 2.22. The molecule has 0 radical (unpaired) electrons. The number of aromatic nitrogens is 3. The van der Waals surface area contributed by atoms with Gasteiger partial charge in [-0.2, -0.15) is 5.10 Å². The maximum Gasteiger partial charge on any atom is 0.264 e. The summed E-state index contributed by atoms with van der Waals surface area (Å²) in [6.07, 6.45) is 5.52. The number of nitrogens with one attached hydrogen (secondary N) is 3. The van der Waals surface area contributed by atoms with Crippen LogP contribution >= 0.6 is 0 Å². The largest absolute Gasteiger partial charge is 0.361 e. The minimum Gasteiger partial charge on any atom is -0.361 e. The van der Waals surface area contributed by atoms with Crippen LogP contribution in [0, 0.1) is 0 Å². The first-order valence-corrected chi connectivity index (χ1v) is 8.89. The number of rotatable bonds is 5. The molecule has 1 unspecified atom stereocenters. The molecule has 0 spiro atoms. The van der Waals surface area contributed by atoms with E-state index in [2.05, 4.69) is 49.7 Å². The van der Waals surface area contributed by atoms with E-state index in [1.165, 1.54) is 29.3 Å². The van der Waals surface area contributed by atoms with E-state index in [0.717, 1.165) is 31.9 Å². The topological polar surface area (TPSA) is 76.8 Å². The molecule has 1 fully saturated rings. The maximum absolute atomic E-state index is 11.2. The summed E-state index contributed by atoms with van der Waals surface area (Å²) in [6.45, 7) is 2.75. The maximum atomic E-state index is 11.2. The van der Waals surface area contributed by atoms with Crippen LogP contribution in [0.3, 0.4) is 0 Å². The van der Waals surface area contributed by atoms with Gasteiger partial charge >= 0.3 is 0 Å². The molecule has 0 saturated carbocycles. The molecule has 1 aliphatic heterocycles. The van der Waals surface area contributed by atoms with Crippen LogP contribution in [0.25, 0.3) is 10.9 Å². The van der Waals surface area contributed by atoms with Crippen LogP contribution in [0.5, 0.6) is 0 Å². The molecule has 6 heteroatoms. The second kappa shape index (κ2) is 7.11. The molecular weight excluding hydrogens is 314 g/mol. The van der Waals surface area contributed by atoms with Crippen LogP contribution in [-0.4, -0.2) is 34.3 Å². The molecular formula is C19H23N5O. The minimum absolute atomic E-state index is 0.157. The summed E-state index contributed by atoms with van der Waals surface area (Å²) in [4.78, 5) is 16.8. The highest BCUT2D eigenvalue weighted by molar-refractivity contribution is 5.79. The smallest absolute Gasteiger partial charge is 0.264 e. The Labute approximate surface area is 146 Å². The number of fused-ring (bicyclic) bond motifs is 1. The van der Waals surface area contributed by atoms with Gasteiger partial charge in [0.1, 0.15) is 5.82 Å². The second-order valence-electron chi connectivity index (χ2n) is 6.65. The predicted molar refractivity (Wildman–Crippen MR) is 99.8 cm³/mol. The van der Waals surface area contributed by atoms with Gasteiger partial charge in [-0.05, 0) is 54.5 Å². The monoisotopic (exact) mass is 337 g/mol. The van der Waals surface area contributed by atoms with Gasteiger partial charge in [0, 0.05) is 43.5 Å². The van der Waals surface area contributed by atoms with Crippen molar-refractivity contribution in [1.29, 1.82) is 0 Å². The molecule has 25 heavy (non-hydrogen) atoms. The summed E-state index contributed by atoms with van der Waals surface area (Å²) >= 11 is 0. The van der Waals surface area contributed by atoms with E-state index >= 15 is 0 Å². The van der Waals surface area contributed by atoms with Crippen LogP contribution in [0.4, 0.5) is 5.82 Å². The van der Waals surface area contributed by atoms with Gasteiger partial charge in [-0.25, -0.2) is 5.10 Å². The normalized spacial score (nSPS) is 17.9. The third-order valence-corrected chi connectivity index (χ3v) is 4.91. The zero-order valence-electron chi connectivity index (χ0n) is 14.2. The summed E-state index contributed by atoms with van der Waals surface area (Å²) in [5.41, 5.74) is 2.30. The van der Waals surface area contributed by atoms with Gasteiger partial charge < -0.3 is 15.2 Å². The van der Waals surface area contributed by atoms with E-state index in [0.29, 0.717) is 6.04 Å². The highest BCUT2D eigenvalue weighted by Gasteiger charge is 2.23. The summed E-state index contributed by atoms with van der Waals surface area (Å²) in [7, 11) is 0. The number of hydrogen-bond acceptors (Lipinski definition) is 4. The molecule has 0 bridgehead atoms. The van der Waals surface area contributed by atoms with E-state index in [1.807, 2.05) is 12.3 Å². The van der Waals surface area contributed by atoms with Crippen molar-refractivity contribution in [2.45, 2.75) is 31.8 Å². The summed E-state index contributed by atoms with van der Waals surface area (Å²) in [5.74, 6) is 0.861. The molecule has 3 aromatic rings. The lowest BCUT2D eigenvalue weighted by atomic mass is 10.0. The van der Waals surface area contributed by atoms with Crippen molar-refractivity contribution in [3.8, 4) is 0 Å². The van der Waals surface area contributed by atoms with Gasteiger partial charge in [-0.3, -0.25) is 4.79 Å². The zero-order valence-corrected chi connectivity index (χ0v) is 14.2. The number of nitrogens with zero attached hydrogens (tertiary/aromatic N) is 2. The van der Waals surface area contributed by atoms with Gasteiger partial charge in [0.25, 0.3) is 5.56 Å². The molecule has 130 valence electrons. The van der Waals surface area contributed by atoms with Crippen molar-refractivity contribution >= 4 is 16.7 Å². The number of H-pyrrole nitrogens is 2. The molecule has 0 aliphatic carbocycles. The van der Waals surface area contributed by atoms with Gasteiger partial charge in [0.05, 0.1) is 0 Å². The van der Waals surface area contributed by atoms with Crippen LogP contribution in [0.2, 0.25) is 0 Å². The number of aromatic amines is 2. The third kappa shape index (κ3) is 3.58. The lowest BCUT2D eigenvalue weighted by Gasteiger charge is -2.36. The van der Waals surface area contributed by atoms with Crippen molar-refractivity contribution in [3.63, 3.8) is 0 Å². The lowest BCUT2D eigenvalue weighted by molar-refractivity contribution is 0.431. The Balaban J connectivity index is 1.39. The van der Waals surface area contributed by atoms with Gasteiger partial charge in [-0.1, -0.05) is 6.07 Å². The molecule has 4 rings (SSSR count). The number of anilines is 1. The van der Waals surface area contributed by atoms with Crippen LogP contribution in [0.15, 0.2) is 47.4 Å². The first-order chi connectivity index (χ1) is 12.3. The number of hydrogen-bond donors (Lipinski definition) is 3. The Morgan fingerprint density at radius 3 is 3.04 bits per heavy atom. The van der Waals surface area contributed by atoms with Gasteiger partial charge in [-0.15, -0.1) is 0 Å². The first kappa shape index (κ1) is 15.9. The van der Waals surface area contributed by atoms with Crippen molar-refractivity contribution < 1.29 is 0 Å². The molecule has 2 aromatic heterocycles. The molecule has 1 aromatic carbocycles. The van der Waals surface area contributed by atoms with E-state index in [9.17, 15) is 4.79 Å². The average Bonchev–Trinajstić information content (AvgIpc) is 3.11. The van der Waals surface area contributed by atoms with Crippen LogP contribution in [-0.2, 0) is 6.54 Å². The van der Waals surface area contributed by atoms with Crippen LogP contribution in [0.1, 0.15) is 24.8 Å². The number of benzene rings is 1. The van der Waals surface area contributed by atoms with E-state index in [-0.39, 0.29) is 5.56 Å². The van der Waals surface area contributed by atoms with Crippen molar-refractivity contribution in [2.24, 2.45) is 0 Å². The standard InChI is InChI=1S/C19H23N5O/c25-19-7-6-18(22-23-19)24-10-2-1-3-16(24)13-20-12-14-4-5-17-15(11-14)8-9-21-17/h4-9,11,16,20-21H,1-3,10,12-13H2,(H,23,25). The Morgan fingerprint density at radius 1 is 1.20 bits per heavy atom. The number of piperidine rings is 1. The molecule has 3 N–H and O–H groups in total. The molecule has 1 saturated heterocycles. The van der Waals surface area contributed by atoms with Gasteiger partial charge in [0.2, 0.25) is 0 Å². The molecule has 1 atom stereocenters. The fourth-order valence-corrected chi connectivity index (χ4v) is 3.61. The minimum atomic E-state index is -0.157. The van der Waals surface area contributed by atoms with E-state index in [1.54, 1.807) is 6.07 Å². The summed E-state index contributed by atoms with van der Waals surface area (Å²) in [5, 5.41) is 11.6. The van der Waals surface area contributed by atoms with Crippen molar-refractivity contribution in [1.82, 2.24) is 20.5 Å². The Hall–Kier alpha value is -2.60. The van der Waals surface area contributed by atoms with Crippen molar-refractivity contribution in [3.05, 3.63) is 58.5 Å². The molecule has 6 nitrogen and oxygen atoms in total. The fourth-order valence-electron chi connectivity index (χ4n) is 3.61. The predicted octanol–water partition coefficient (Wildman–Crippen LogP) is 2.40. The highest BCUT2D eigenvalue weighted by atomic mass is 16.1. The quantitative estimate of drug-likeness (QED) is 0.668. The molecule has 0 amide bonds. The fraction of sp³-hybridized carbons (Fsp3) is 0.368. The second-order valence-corrected chi connectivity index (χ2v) is 6.65. The summed E-state index contributed by atoms with van der Waals surface area (Å²) < 4.78 is 0. The lowest BCUT2D eigenvalue weighted by Crippen LogP contribution is -2.46. The Kier molecular flexibility index (Phi) is 4.52. The van der Waals surface area contributed by atoms with Gasteiger partial charge in [0.15, 0.2) is 0 Å². The Bertz CT molecular complexity index is 879. The van der Waals surface area contributed by atoms with Crippen molar-refractivity contribution in [2.75, 3.05) is 18.0 Å². The molecule has 1 aliphatic rings. The zero-order chi connectivity index (χ0) is 17.1. The van der Waals surface area contributed by atoms with Crippen LogP contribution < -0.4 is 15.8 Å².